The number of H-pyrrole nitrogens is 1. The van der Waals surface area contributed by atoms with Crippen molar-refractivity contribution in [3.63, 3.8) is 0 Å². The fraction of sp³-hybridized carbons (Fsp3) is 0.267. The van der Waals surface area contributed by atoms with E-state index in [1.807, 2.05) is 4.90 Å². The molecular weight excluding hydrogens is 364 g/mol. The minimum absolute atomic E-state index is 0.254. The van der Waals surface area contributed by atoms with Gasteiger partial charge in [0.15, 0.2) is 5.82 Å². The highest BCUT2D eigenvalue weighted by Gasteiger charge is 2.31. The summed E-state index contributed by atoms with van der Waals surface area (Å²) in [5.74, 6) is 0.630. The summed E-state index contributed by atoms with van der Waals surface area (Å²) in [7, 11) is -3.59. The van der Waals surface area contributed by atoms with Crippen LogP contribution < -0.4 is 4.90 Å². The molecule has 0 amide bonds. The van der Waals surface area contributed by atoms with Gasteiger partial charge >= 0.3 is 0 Å². The summed E-state index contributed by atoms with van der Waals surface area (Å²) in [6.07, 6.45) is 6.09. The zero-order valence-electron chi connectivity index (χ0n) is 13.1. The van der Waals surface area contributed by atoms with E-state index in [-0.39, 0.29) is 4.90 Å². The van der Waals surface area contributed by atoms with Crippen molar-refractivity contribution in [1.82, 2.24) is 24.2 Å². The summed E-state index contributed by atoms with van der Waals surface area (Å²) in [6, 6.07) is 3.48. The number of nitrogens with zero attached hydrogens (tertiary/aromatic N) is 5. The Labute approximate surface area is 149 Å². The molecule has 8 nitrogen and oxygen atoms in total. The van der Waals surface area contributed by atoms with Gasteiger partial charge in [-0.05, 0) is 12.1 Å². The number of hydrogen-bond donors (Lipinski definition) is 1. The van der Waals surface area contributed by atoms with E-state index in [1.54, 1.807) is 18.3 Å². The first-order valence-electron chi connectivity index (χ1n) is 7.70. The van der Waals surface area contributed by atoms with Crippen LogP contribution in [0, 0.1) is 0 Å². The second kappa shape index (κ2) is 6.25. The number of hydrogen-bond acceptors (Lipinski definition) is 6. The molecule has 1 aliphatic rings. The first kappa shape index (κ1) is 16.2. The number of halogens is 1. The monoisotopic (exact) mass is 378 g/mol. The standard InChI is InChI=1S/C15H15ClN6O2S/c16-12-8-17-10-20-15(12)21-4-6-22(7-5-21)25(23,24)13-9-19-14-11(13)2-1-3-18-14/h1-3,8-10H,4-7H2,(H,18,19). The SMILES string of the molecule is O=S(=O)(c1c[nH]c2ncccc12)N1CCN(c2ncncc2Cl)CC1. The summed E-state index contributed by atoms with van der Waals surface area (Å²) in [5, 5.41) is 1.06. The van der Waals surface area contributed by atoms with Crippen molar-refractivity contribution in [2.45, 2.75) is 4.90 Å². The van der Waals surface area contributed by atoms with Gasteiger partial charge in [-0.2, -0.15) is 4.31 Å². The van der Waals surface area contributed by atoms with Gasteiger partial charge in [-0.3, -0.25) is 0 Å². The highest BCUT2D eigenvalue weighted by atomic mass is 35.5. The number of aromatic nitrogens is 4. The number of sulfonamides is 1. The quantitative estimate of drug-likeness (QED) is 0.742. The van der Waals surface area contributed by atoms with Crippen molar-refractivity contribution >= 4 is 38.5 Å². The Bertz CT molecular complexity index is 1010. The first-order valence-corrected chi connectivity index (χ1v) is 9.52. The lowest BCUT2D eigenvalue weighted by atomic mass is 10.3. The van der Waals surface area contributed by atoms with Crippen molar-refractivity contribution in [2.24, 2.45) is 0 Å². The van der Waals surface area contributed by atoms with Crippen LogP contribution in [0.25, 0.3) is 11.0 Å². The minimum atomic E-state index is -3.59. The maximum atomic E-state index is 13.0. The summed E-state index contributed by atoms with van der Waals surface area (Å²) in [5.41, 5.74) is 0.562. The molecule has 0 unspecified atom stereocenters. The predicted molar refractivity (Wildman–Crippen MR) is 94.1 cm³/mol. The molecule has 1 aliphatic heterocycles. The van der Waals surface area contributed by atoms with E-state index in [4.69, 9.17) is 11.6 Å². The van der Waals surface area contributed by atoms with E-state index in [0.717, 1.165) is 0 Å². The molecule has 0 bridgehead atoms. The summed E-state index contributed by atoms with van der Waals surface area (Å²) >= 11 is 6.12. The molecular formula is C15H15ClN6O2S. The molecule has 4 heterocycles. The van der Waals surface area contributed by atoms with Crippen molar-refractivity contribution in [1.29, 1.82) is 0 Å². The molecule has 10 heteroatoms. The zero-order valence-corrected chi connectivity index (χ0v) is 14.7. The Hall–Kier alpha value is -2.23. The molecule has 0 aliphatic carbocycles. The van der Waals surface area contributed by atoms with Crippen LogP contribution in [-0.2, 0) is 10.0 Å². The van der Waals surface area contributed by atoms with Crippen molar-refractivity contribution in [3.05, 3.63) is 42.1 Å². The van der Waals surface area contributed by atoms with Crippen LogP contribution in [0.5, 0.6) is 0 Å². The van der Waals surface area contributed by atoms with E-state index < -0.39 is 10.0 Å². The van der Waals surface area contributed by atoms with Crippen LogP contribution in [0.15, 0.2) is 41.9 Å². The van der Waals surface area contributed by atoms with Gasteiger partial charge in [0.05, 0.1) is 6.20 Å². The number of anilines is 1. The number of fused-ring (bicyclic) bond motifs is 1. The molecule has 25 heavy (non-hydrogen) atoms. The third-order valence-corrected chi connectivity index (χ3v) is 6.42. The molecule has 130 valence electrons. The minimum Gasteiger partial charge on any atom is -0.353 e. The van der Waals surface area contributed by atoms with E-state index in [0.29, 0.717) is 48.1 Å². The Morgan fingerprint density at radius 3 is 2.72 bits per heavy atom. The summed E-state index contributed by atoms with van der Waals surface area (Å²) in [4.78, 5) is 17.3. The van der Waals surface area contributed by atoms with Gasteiger partial charge in [0.25, 0.3) is 0 Å². The first-order chi connectivity index (χ1) is 12.1. The van der Waals surface area contributed by atoms with E-state index >= 15 is 0 Å². The van der Waals surface area contributed by atoms with Gasteiger partial charge in [-0.15, -0.1) is 0 Å². The average Bonchev–Trinajstić information content (AvgIpc) is 3.07. The van der Waals surface area contributed by atoms with Crippen molar-refractivity contribution in [2.75, 3.05) is 31.1 Å². The molecule has 3 aromatic rings. The molecule has 3 aromatic heterocycles. The number of piperazine rings is 1. The van der Waals surface area contributed by atoms with Crippen molar-refractivity contribution < 1.29 is 8.42 Å². The molecule has 0 spiro atoms. The lowest BCUT2D eigenvalue weighted by Gasteiger charge is -2.34. The van der Waals surface area contributed by atoms with Gasteiger partial charge in [0.1, 0.15) is 21.9 Å². The lowest BCUT2D eigenvalue weighted by molar-refractivity contribution is 0.384. The highest BCUT2D eigenvalue weighted by Crippen LogP contribution is 2.27. The average molecular weight is 379 g/mol. The lowest BCUT2D eigenvalue weighted by Crippen LogP contribution is -2.49. The molecule has 1 saturated heterocycles. The molecule has 0 atom stereocenters. The normalized spacial score (nSPS) is 16.4. The summed E-state index contributed by atoms with van der Waals surface area (Å²) in [6.45, 7) is 1.73. The smallest absolute Gasteiger partial charge is 0.245 e. The van der Waals surface area contributed by atoms with E-state index in [1.165, 1.54) is 23.0 Å². The Balaban J connectivity index is 1.57. The maximum absolute atomic E-state index is 13.0. The van der Waals surface area contributed by atoms with Crippen LogP contribution in [0.4, 0.5) is 5.82 Å². The van der Waals surface area contributed by atoms with Gasteiger partial charge < -0.3 is 9.88 Å². The topological polar surface area (TPSA) is 95.1 Å². The van der Waals surface area contributed by atoms with E-state index in [9.17, 15) is 8.42 Å². The Morgan fingerprint density at radius 2 is 1.96 bits per heavy atom. The van der Waals surface area contributed by atoms with Gasteiger partial charge in [0.2, 0.25) is 10.0 Å². The third kappa shape index (κ3) is 2.84. The van der Waals surface area contributed by atoms with Gasteiger partial charge in [-0.1, -0.05) is 11.6 Å². The Kier molecular flexibility index (Phi) is 4.06. The third-order valence-electron chi connectivity index (χ3n) is 4.22. The Morgan fingerprint density at radius 1 is 1.16 bits per heavy atom. The molecule has 4 rings (SSSR count). The summed E-state index contributed by atoms with van der Waals surface area (Å²) < 4.78 is 27.4. The second-order valence-corrected chi connectivity index (χ2v) is 7.95. The molecule has 0 radical (unpaired) electrons. The largest absolute Gasteiger partial charge is 0.353 e. The van der Waals surface area contributed by atoms with Gasteiger partial charge in [-0.25, -0.2) is 23.4 Å². The molecule has 0 saturated carbocycles. The van der Waals surface area contributed by atoms with Crippen molar-refractivity contribution in [3.8, 4) is 0 Å². The fourth-order valence-corrected chi connectivity index (χ4v) is 4.76. The number of nitrogens with one attached hydrogen (secondary N) is 1. The predicted octanol–water partition coefficient (Wildman–Crippen LogP) is 1.52. The number of rotatable bonds is 3. The van der Waals surface area contributed by atoms with Crippen LogP contribution in [-0.4, -0.2) is 58.8 Å². The van der Waals surface area contributed by atoms with Gasteiger partial charge in [0, 0.05) is 44.0 Å². The van der Waals surface area contributed by atoms with Crippen LogP contribution in [0.2, 0.25) is 5.02 Å². The van der Waals surface area contributed by atoms with Crippen LogP contribution >= 0.6 is 11.6 Å². The second-order valence-electron chi connectivity index (χ2n) is 5.64. The zero-order chi connectivity index (χ0) is 17.4. The number of pyridine rings is 1. The maximum Gasteiger partial charge on any atom is 0.245 e. The fourth-order valence-electron chi connectivity index (χ4n) is 2.96. The van der Waals surface area contributed by atoms with Crippen LogP contribution in [0.3, 0.4) is 0 Å². The molecule has 0 aromatic carbocycles. The molecule has 1 fully saturated rings. The highest BCUT2D eigenvalue weighted by molar-refractivity contribution is 7.89. The van der Waals surface area contributed by atoms with Crippen LogP contribution in [0.1, 0.15) is 0 Å². The van der Waals surface area contributed by atoms with E-state index in [2.05, 4.69) is 19.9 Å². The molecule has 1 N–H and O–H groups in total. The number of aromatic amines is 1.